The highest BCUT2D eigenvalue weighted by Crippen LogP contribution is 2.67. The first-order valence-corrected chi connectivity index (χ1v) is 9.96. The van der Waals surface area contributed by atoms with Gasteiger partial charge in [-0.1, -0.05) is 19.4 Å². The lowest BCUT2D eigenvalue weighted by molar-refractivity contribution is -0.160. The summed E-state index contributed by atoms with van der Waals surface area (Å²) in [5.74, 6) is 1.63. The molecule has 6 atom stereocenters. The summed E-state index contributed by atoms with van der Waals surface area (Å²) < 4.78 is 0. The lowest BCUT2D eigenvalue weighted by Crippen LogP contribution is -2.58. The smallest absolute Gasteiger partial charge is 0.178 e. The van der Waals surface area contributed by atoms with E-state index in [1.54, 1.807) is 0 Å². The number of hydrogen-bond donors (Lipinski definition) is 2. The fourth-order valence-corrected chi connectivity index (χ4v) is 7.20. The topological polar surface area (TPSA) is 80.4 Å². The molecule has 0 bridgehead atoms. The number of nitrogens with two attached hydrogens (primary N) is 1. The standard InChI is InChI=1S/C21H31NO3.ClH/c1-19-8-5-14(23)11-13(19)3-4-15-16(19)6-9-20(2)17(15)7-10-21(20,25)18(24)12-22;/h11,15-17,25H,3-10,12,22H2,1-2H3;1H/t15?,16?,17?,19-,20-,21-;/m0./s1. The molecule has 0 spiro atoms. The Bertz CT molecular complexity index is 662. The molecule has 3 fully saturated rings. The van der Waals surface area contributed by atoms with E-state index in [0.29, 0.717) is 30.6 Å². The van der Waals surface area contributed by atoms with Gasteiger partial charge in [-0.25, -0.2) is 0 Å². The lowest BCUT2D eigenvalue weighted by atomic mass is 9.46. The van der Waals surface area contributed by atoms with Crippen LogP contribution in [0.5, 0.6) is 0 Å². The molecule has 0 heterocycles. The second-order valence-corrected chi connectivity index (χ2v) is 9.45. The van der Waals surface area contributed by atoms with Crippen LogP contribution in [0.25, 0.3) is 0 Å². The van der Waals surface area contributed by atoms with Crippen molar-refractivity contribution >= 4 is 24.0 Å². The molecule has 4 aliphatic rings. The average Bonchev–Trinajstić information content (AvgIpc) is 2.87. The fraction of sp³-hybridized carbons (Fsp3) is 0.810. The molecule has 0 aromatic rings. The number of ketones is 2. The van der Waals surface area contributed by atoms with E-state index in [1.165, 1.54) is 5.57 Å². The summed E-state index contributed by atoms with van der Waals surface area (Å²) in [4.78, 5) is 24.3. The zero-order chi connectivity index (χ0) is 18.0. The number of carbonyl (C=O) groups excluding carboxylic acids is 2. The monoisotopic (exact) mass is 381 g/mol. The Morgan fingerprint density at radius 2 is 1.85 bits per heavy atom. The first-order chi connectivity index (χ1) is 11.8. The molecule has 4 rings (SSSR count). The number of hydrogen-bond acceptors (Lipinski definition) is 4. The fourth-order valence-electron chi connectivity index (χ4n) is 7.20. The average molecular weight is 382 g/mol. The maximum absolute atomic E-state index is 12.5. The molecule has 0 radical (unpaired) electrons. The predicted molar refractivity (Wildman–Crippen MR) is 103 cm³/mol. The van der Waals surface area contributed by atoms with Crippen molar-refractivity contribution in [1.29, 1.82) is 0 Å². The van der Waals surface area contributed by atoms with Crippen LogP contribution >= 0.6 is 12.4 Å². The number of Topliss-reactive ketones (excluding diaryl/α,β-unsaturated/α-hetero) is 1. The third-order valence-corrected chi connectivity index (χ3v) is 8.76. The number of halogens is 1. The van der Waals surface area contributed by atoms with E-state index in [9.17, 15) is 14.7 Å². The molecule has 4 aliphatic carbocycles. The lowest BCUT2D eigenvalue weighted by Gasteiger charge is -2.58. The van der Waals surface area contributed by atoms with Gasteiger partial charge in [0.1, 0.15) is 5.60 Å². The molecule has 146 valence electrons. The van der Waals surface area contributed by atoms with Gasteiger partial charge >= 0.3 is 0 Å². The normalized spacial score (nSPS) is 47.2. The Kier molecular flexibility index (Phi) is 4.95. The van der Waals surface area contributed by atoms with E-state index in [0.717, 1.165) is 38.5 Å². The number of rotatable bonds is 2. The first-order valence-electron chi connectivity index (χ1n) is 9.96. The van der Waals surface area contributed by atoms with Crippen molar-refractivity contribution in [2.45, 2.75) is 70.8 Å². The number of fused-ring (bicyclic) bond motifs is 5. The first kappa shape index (κ1) is 20.0. The van der Waals surface area contributed by atoms with E-state index in [-0.39, 0.29) is 41.3 Å². The molecule has 0 aromatic heterocycles. The van der Waals surface area contributed by atoms with Gasteiger partial charge in [0, 0.05) is 11.8 Å². The largest absolute Gasteiger partial charge is 0.381 e. The molecule has 0 saturated heterocycles. The zero-order valence-corrected chi connectivity index (χ0v) is 16.7. The van der Waals surface area contributed by atoms with Gasteiger partial charge in [-0.05, 0) is 74.2 Å². The summed E-state index contributed by atoms with van der Waals surface area (Å²) >= 11 is 0. The van der Waals surface area contributed by atoms with Gasteiger partial charge in [-0.2, -0.15) is 0 Å². The Hall–Kier alpha value is -0.710. The van der Waals surface area contributed by atoms with Crippen LogP contribution in [0.4, 0.5) is 0 Å². The highest BCUT2D eigenvalue weighted by molar-refractivity contribution is 5.92. The van der Waals surface area contributed by atoms with Gasteiger partial charge in [0.2, 0.25) is 0 Å². The molecule has 4 nitrogen and oxygen atoms in total. The van der Waals surface area contributed by atoms with E-state index >= 15 is 0 Å². The summed E-state index contributed by atoms with van der Waals surface area (Å²) in [6.45, 7) is 4.42. The van der Waals surface area contributed by atoms with Gasteiger partial charge in [0.15, 0.2) is 11.6 Å². The minimum absolute atomic E-state index is 0. The number of carbonyl (C=O) groups is 2. The van der Waals surface area contributed by atoms with E-state index in [4.69, 9.17) is 5.73 Å². The molecule has 0 aromatic carbocycles. The summed E-state index contributed by atoms with van der Waals surface area (Å²) in [6, 6.07) is 0. The van der Waals surface area contributed by atoms with Gasteiger partial charge in [-0.15, -0.1) is 12.4 Å². The molecule has 3 unspecified atom stereocenters. The second kappa shape index (κ2) is 6.42. The maximum Gasteiger partial charge on any atom is 0.178 e. The summed E-state index contributed by atoms with van der Waals surface area (Å²) in [6.07, 6.45) is 9.06. The predicted octanol–water partition coefficient (Wildman–Crippen LogP) is 3.20. The van der Waals surface area contributed by atoms with Crippen molar-refractivity contribution in [3.63, 3.8) is 0 Å². The van der Waals surface area contributed by atoms with E-state index < -0.39 is 5.60 Å². The summed E-state index contributed by atoms with van der Waals surface area (Å²) in [7, 11) is 0. The van der Waals surface area contributed by atoms with Crippen LogP contribution in [0, 0.1) is 28.6 Å². The van der Waals surface area contributed by atoms with Crippen molar-refractivity contribution in [3.8, 4) is 0 Å². The van der Waals surface area contributed by atoms with Crippen molar-refractivity contribution < 1.29 is 14.7 Å². The Labute approximate surface area is 162 Å². The van der Waals surface area contributed by atoms with Gasteiger partial charge in [0.05, 0.1) is 6.54 Å². The van der Waals surface area contributed by atoms with Crippen molar-refractivity contribution in [1.82, 2.24) is 0 Å². The molecular formula is C21H32ClNO3. The van der Waals surface area contributed by atoms with Crippen molar-refractivity contribution in [2.24, 2.45) is 34.3 Å². The van der Waals surface area contributed by atoms with Crippen LogP contribution in [0.1, 0.15) is 65.2 Å². The Balaban J connectivity index is 0.00000196. The highest BCUT2D eigenvalue weighted by Gasteiger charge is 2.65. The number of allylic oxidation sites excluding steroid dienone is 1. The van der Waals surface area contributed by atoms with E-state index in [1.807, 2.05) is 6.08 Å². The van der Waals surface area contributed by atoms with Gasteiger partial charge < -0.3 is 10.8 Å². The highest BCUT2D eigenvalue weighted by atomic mass is 35.5. The molecule has 3 saturated carbocycles. The quantitative estimate of drug-likeness (QED) is 0.769. The SMILES string of the molecule is C[C@]12CCC(=O)C=C1CCC1C2CC[C@@]2(C)C1CC[C@]2(O)C(=O)CN.Cl. The molecule has 0 amide bonds. The molecule has 0 aliphatic heterocycles. The van der Waals surface area contributed by atoms with Gasteiger partial charge in [-0.3, -0.25) is 9.59 Å². The molecule has 3 N–H and O–H groups in total. The minimum Gasteiger partial charge on any atom is -0.381 e. The molecular weight excluding hydrogens is 350 g/mol. The van der Waals surface area contributed by atoms with Crippen molar-refractivity contribution in [2.75, 3.05) is 6.54 Å². The van der Waals surface area contributed by atoms with Crippen LogP contribution < -0.4 is 5.73 Å². The van der Waals surface area contributed by atoms with Crippen LogP contribution in [-0.2, 0) is 9.59 Å². The summed E-state index contributed by atoms with van der Waals surface area (Å²) in [5, 5.41) is 11.3. The van der Waals surface area contributed by atoms with Gasteiger partial charge in [0.25, 0.3) is 0 Å². The zero-order valence-electron chi connectivity index (χ0n) is 15.9. The summed E-state index contributed by atoms with van der Waals surface area (Å²) in [5.41, 5.74) is 5.54. The molecule has 5 heteroatoms. The van der Waals surface area contributed by atoms with Crippen LogP contribution in [0.15, 0.2) is 11.6 Å². The van der Waals surface area contributed by atoms with Crippen LogP contribution in [0.3, 0.4) is 0 Å². The van der Waals surface area contributed by atoms with Crippen molar-refractivity contribution in [3.05, 3.63) is 11.6 Å². The third kappa shape index (κ3) is 2.41. The van der Waals surface area contributed by atoms with Crippen LogP contribution in [-0.4, -0.2) is 28.8 Å². The molecule has 26 heavy (non-hydrogen) atoms. The third-order valence-electron chi connectivity index (χ3n) is 8.76. The second-order valence-electron chi connectivity index (χ2n) is 9.45. The Morgan fingerprint density at radius 3 is 2.54 bits per heavy atom. The maximum atomic E-state index is 12.5. The Morgan fingerprint density at radius 1 is 1.15 bits per heavy atom. The van der Waals surface area contributed by atoms with Crippen LogP contribution in [0.2, 0.25) is 0 Å². The minimum atomic E-state index is -1.24. The number of aliphatic hydroxyl groups is 1. The van der Waals surface area contributed by atoms with E-state index in [2.05, 4.69) is 13.8 Å².